The Morgan fingerprint density at radius 1 is 1.12 bits per heavy atom. The van der Waals surface area contributed by atoms with E-state index in [1.807, 2.05) is 24.3 Å². The minimum absolute atomic E-state index is 0.111. The molecule has 0 unspecified atom stereocenters. The smallest absolute Gasteiger partial charge is 0.324 e. The van der Waals surface area contributed by atoms with Crippen LogP contribution >= 0.6 is 0 Å². The lowest BCUT2D eigenvalue weighted by atomic mass is 10.1. The fraction of sp³-hybridized carbons (Fsp3) is 0.462. The molecular weight excluding hydrogens is 434 g/mol. The third kappa shape index (κ3) is 6.56. The number of aromatic hydroxyl groups is 1. The average molecular weight is 470 g/mol. The van der Waals surface area contributed by atoms with E-state index in [4.69, 9.17) is 9.47 Å². The van der Waals surface area contributed by atoms with Crippen molar-refractivity contribution in [3.8, 4) is 17.2 Å². The number of amides is 3. The number of anilines is 1. The second-order valence-corrected chi connectivity index (χ2v) is 8.47. The van der Waals surface area contributed by atoms with Gasteiger partial charge in [0.25, 0.3) is 0 Å². The molecule has 2 N–H and O–H groups in total. The van der Waals surface area contributed by atoms with Crippen molar-refractivity contribution in [1.82, 2.24) is 10.2 Å². The number of methoxy groups -OCH3 is 1. The number of phenols is 1. The van der Waals surface area contributed by atoms with Gasteiger partial charge in [-0.25, -0.2) is 4.79 Å². The van der Waals surface area contributed by atoms with Crippen LogP contribution < -0.4 is 19.7 Å². The summed E-state index contributed by atoms with van der Waals surface area (Å²) in [7, 11) is 1.61. The van der Waals surface area contributed by atoms with Crippen LogP contribution in [-0.2, 0) is 17.9 Å². The van der Waals surface area contributed by atoms with Gasteiger partial charge in [-0.3, -0.25) is 9.69 Å². The molecule has 0 saturated carbocycles. The zero-order chi connectivity index (χ0) is 24.5. The SMILES string of the molecule is CCCCCOc1cc(N2CCCN(Cc3ccc(CNC(C)=O)cc3O)C2=O)ccc1OC. The second-order valence-electron chi connectivity index (χ2n) is 8.47. The summed E-state index contributed by atoms with van der Waals surface area (Å²) in [6.45, 7) is 6.07. The van der Waals surface area contributed by atoms with Crippen LogP contribution in [0.25, 0.3) is 0 Å². The van der Waals surface area contributed by atoms with Gasteiger partial charge in [-0.1, -0.05) is 31.9 Å². The van der Waals surface area contributed by atoms with Crippen LogP contribution in [-0.4, -0.2) is 48.8 Å². The number of ether oxygens (including phenoxy) is 2. The lowest BCUT2D eigenvalue weighted by Crippen LogP contribution is -2.49. The Labute approximate surface area is 201 Å². The molecule has 0 aromatic heterocycles. The van der Waals surface area contributed by atoms with Crippen molar-refractivity contribution in [3.63, 3.8) is 0 Å². The molecule has 1 aliphatic rings. The van der Waals surface area contributed by atoms with E-state index in [-0.39, 0.29) is 17.7 Å². The Bertz CT molecular complexity index is 994. The summed E-state index contributed by atoms with van der Waals surface area (Å²) in [6, 6.07) is 10.7. The van der Waals surface area contributed by atoms with Crippen molar-refractivity contribution in [3.05, 3.63) is 47.5 Å². The molecule has 3 amide bonds. The van der Waals surface area contributed by atoms with Crippen molar-refractivity contribution in [2.24, 2.45) is 0 Å². The summed E-state index contributed by atoms with van der Waals surface area (Å²) < 4.78 is 11.4. The zero-order valence-corrected chi connectivity index (χ0v) is 20.3. The molecule has 0 atom stereocenters. The zero-order valence-electron chi connectivity index (χ0n) is 20.3. The van der Waals surface area contributed by atoms with Gasteiger partial charge in [0.2, 0.25) is 5.91 Å². The highest BCUT2D eigenvalue weighted by Crippen LogP contribution is 2.33. The number of hydrogen-bond acceptors (Lipinski definition) is 5. The lowest BCUT2D eigenvalue weighted by Gasteiger charge is -2.36. The first-order valence-corrected chi connectivity index (χ1v) is 11.9. The van der Waals surface area contributed by atoms with E-state index < -0.39 is 0 Å². The molecule has 8 heteroatoms. The maximum atomic E-state index is 13.3. The third-order valence-corrected chi connectivity index (χ3v) is 5.83. The molecule has 2 aromatic rings. The van der Waals surface area contributed by atoms with Gasteiger partial charge in [-0.05, 0) is 36.6 Å². The molecule has 1 heterocycles. The summed E-state index contributed by atoms with van der Waals surface area (Å²) in [6.07, 6.45) is 3.99. The monoisotopic (exact) mass is 469 g/mol. The summed E-state index contributed by atoms with van der Waals surface area (Å²) in [5.41, 5.74) is 2.22. The topological polar surface area (TPSA) is 91.3 Å². The number of hydrogen-bond donors (Lipinski definition) is 2. The second kappa shape index (κ2) is 12.2. The predicted molar refractivity (Wildman–Crippen MR) is 131 cm³/mol. The van der Waals surface area contributed by atoms with Crippen LogP contribution in [0.15, 0.2) is 36.4 Å². The molecule has 3 rings (SSSR count). The van der Waals surface area contributed by atoms with Gasteiger partial charge in [0.05, 0.1) is 20.3 Å². The van der Waals surface area contributed by atoms with E-state index in [9.17, 15) is 14.7 Å². The van der Waals surface area contributed by atoms with Crippen molar-refractivity contribution in [2.45, 2.75) is 52.6 Å². The number of unbranched alkanes of at least 4 members (excludes halogenated alkanes) is 2. The third-order valence-electron chi connectivity index (χ3n) is 5.83. The molecular formula is C26H35N3O5. The molecule has 0 radical (unpaired) electrons. The van der Waals surface area contributed by atoms with Crippen molar-refractivity contribution in [2.75, 3.05) is 31.7 Å². The molecule has 1 fully saturated rings. The minimum atomic E-state index is -0.129. The van der Waals surface area contributed by atoms with Gasteiger partial charge >= 0.3 is 6.03 Å². The van der Waals surface area contributed by atoms with E-state index in [2.05, 4.69) is 12.2 Å². The first kappa shape index (κ1) is 25.2. The minimum Gasteiger partial charge on any atom is -0.508 e. The van der Waals surface area contributed by atoms with Crippen molar-refractivity contribution in [1.29, 1.82) is 0 Å². The van der Waals surface area contributed by atoms with Gasteiger partial charge < -0.3 is 24.8 Å². The van der Waals surface area contributed by atoms with Gasteiger partial charge in [0.1, 0.15) is 5.75 Å². The number of urea groups is 1. The molecule has 0 bridgehead atoms. The number of phenolic OH excluding ortho intramolecular Hbond substituents is 1. The number of nitrogens with zero attached hydrogens (tertiary/aromatic N) is 2. The fourth-order valence-corrected chi connectivity index (χ4v) is 3.93. The van der Waals surface area contributed by atoms with Crippen LogP contribution in [0.2, 0.25) is 0 Å². The van der Waals surface area contributed by atoms with E-state index in [0.717, 1.165) is 36.9 Å². The quantitative estimate of drug-likeness (QED) is 0.475. The maximum absolute atomic E-state index is 13.3. The normalized spacial score (nSPS) is 13.7. The standard InChI is InChI=1S/C26H35N3O5/c1-4-5-6-14-34-25-16-22(10-11-24(25)33-3)29-13-7-12-28(26(29)32)18-21-9-8-20(15-23(21)31)17-27-19(2)30/h8-11,15-16,31H,4-7,12-14,17-18H2,1-3H3,(H,27,30). The Morgan fingerprint density at radius 2 is 1.94 bits per heavy atom. The van der Waals surface area contributed by atoms with Gasteiger partial charge in [0.15, 0.2) is 11.5 Å². The van der Waals surface area contributed by atoms with Crippen LogP contribution in [0.4, 0.5) is 10.5 Å². The molecule has 0 spiro atoms. The van der Waals surface area contributed by atoms with Gasteiger partial charge in [-0.2, -0.15) is 0 Å². The summed E-state index contributed by atoms with van der Waals surface area (Å²) in [4.78, 5) is 27.9. The molecule has 34 heavy (non-hydrogen) atoms. The highest BCUT2D eigenvalue weighted by molar-refractivity contribution is 5.93. The Balaban J connectivity index is 1.70. The van der Waals surface area contributed by atoms with E-state index >= 15 is 0 Å². The fourth-order valence-electron chi connectivity index (χ4n) is 3.93. The van der Waals surface area contributed by atoms with E-state index in [0.29, 0.717) is 49.8 Å². The molecule has 0 aliphatic carbocycles. The summed E-state index contributed by atoms with van der Waals surface area (Å²) >= 11 is 0. The summed E-state index contributed by atoms with van der Waals surface area (Å²) in [5.74, 6) is 1.26. The van der Waals surface area contributed by atoms with Crippen molar-refractivity contribution < 1.29 is 24.2 Å². The maximum Gasteiger partial charge on any atom is 0.324 e. The molecule has 1 saturated heterocycles. The van der Waals surface area contributed by atoms with E-state index in [1.165, 1.54) is 6.92 Å². The molecule has 8 nitrogen and oxygen atoms in total. The van der Waals surface area contributed by atoms with Gasteiger partial charge in [0, 0.05) is 43.9 Å². The Hall–Kier alpha value is -3.42. The molecule has 2 aromatic carbocycles. The van der Waals surface area contributed by atoms with Crippen LogP contribution in [0, 0.1) is 0 Å². The average Bonchev–Trinajstić information content (AvgIpc) is 2.83. The number of carbonyl (C=O) groups excluding carboxylic acids is 2. The van der Waals surface area contributed by atoms with Crippen molar-refractivity contribution >= 4 is 17.6 Å². The predicted octanol–water partition coefficient (Wildman–Crippen LogP) is 4.44. The van der Waals surface area contributed by atoms with E-state index in [1.54, 1.807) is 29.0 Å². The lowest BCUT2D eigenvalue weighted by molar-refractivity contribution is -0.119. The first-order chi connectivity index (χ1) is 16.4. The first-order valence-electron chi connectivity index (χ1n) is 11.9. The number of benzene rings is 2. The van der Waals surface area contributed by atoms with Crippen LogP contribution in [0.5, 0.6) is 17.2 Å². The highest BCUT2D eigenvalue weighted by atomic mass is 16.5. The Morgan fingerprint density at radius 3 is 2.65 bits per heavy atom. The Kier molecular flexibility index (Phi) is 9.01. The number of rotatable bonds is 11. The van der Waals surface area contributed by atoms with Crippen LogP contribution in [0.1, 0.15) is 50.7 Å². The highest BCUT2D eigenvalue weighted by Gasteiger charge is 2.28. The van der Waals surface area contributed by atoms with Gasteiger partial charge in [-0.15, -0.1) is 0 Å². The summed E-state index contributed by atoms with van der Waals surface area (Å²) in [5, 5.41) is 13.2. The van der Waals surface area contributed by atoms with Crippen LogP contribution in [0.3, 0.4) is 0 Å². The number of carbonyl (C=O) groups is 2. The largest absolute Gasteiger partial charge is 0.508 e. The molecule has 1 aliphatic heterocycles. The number of nitrogens with one attached hydrogen (secondary N) is 1. The molecule has 184 valence electrons.